The van der Waals surface area contributed by atoms with Crippen molar-refractivity contribution in [3.8, 4) is 0 Å². The molecule has 1 aliphatic heterocycles. The lowest BCUT2D eigenvalue weighted by Crippen LogP contribution is -2.47. The van der Waals surface area contributed by atoms with E-state index in [4.69, 9.17) is 5.11 Å². The number of hydrogen-bond acceptors (Lipinski definition) is 2. The molecule has 1 rings (SSSR count). The summed E-state index contributed by atoms with van der Waals surface area (Å²) in [5.41, 5.74) is 0. The number of hydrogen-bond donors (Lipinski definition) is 2. The van der Waals surface area contributed by atoms with E-state index in [2.05, 4.69) is 5.32 Å². The largest absolute Gasteiger partial charge is 0.480 e. The molecule has 0 aromatic carbocycles. The summed E-state index contributed by atoms with van der Waals surface area (Å²) in [7, 11) is 0. The van der Waals surface area contributed by atoms with Crippen molar-refractivity contribution in [3.05, 3.63) is 0 Å². The summed E-state index contributed by atoms with van der Waals surface area (Å²) < 4.78 is 37.0. The van der Waals surface area contributed by atoms with Gasteiger partial charge in [-0.2, -0.15) is 13.2 Å². The fourth-order valence-electron chi connectivity index (χ4n) is 1.67. The van der Waals surface area contributed by atoms with E-state index in [1.165, 1.54) is 4.90 Å². The molecule has 0 aromatic heterocycles. The molecule has 2 amide bonds. The van der Waals surface area contributed by atoms with Crippen LogP contribution in [0.15, 0.2) is 0 Å². The van der Waals surface area contributed by atoms with Gasteiger partial charge in [0, 0.05) is 13.1 Å². The minimum absolute atomic E-state index is 0.00434. The van der Waals surface area contributed by atoms with Crippen LogP contribution >= 0.6 is 0 Å². The summed E-state index contributed by atoms with van der Waals surface area (Å²) >= 11 is 0. The Morgan fingerprint density at radius 2 is 1.82 bits per heavy atom. The smallest absolute Gasteiger partial charge is 0.391 e. The zero-order valence-electron chi connectivity index (χ0n) is 8.96. The lowest BCUT2D eigenvalue weighted by atomic mass is 9.96. The predicted octanol–water partition coefficient (Wildman–Crippen LogP) is 1.05. The van der Waals surface area contributed by atoms with Gasteiger partial charge >= 0.3 is 18.2 Å². The minimum Gasteiger partial charge on any atom is -0.480 e. The van der Waals surface area contributed by atoms with Gasteiger partial charge in [0.2, 0.25) is 0 Å². The topological polar surface area (TPSA) is 69.6 Å². The number of urea groups is 1. The summed E-state index contributed by atoms with van der Waals surface area (Å²) in [5, 5.41) is 10.4. The van der Waals surface area contributed by atoms with Gasteiger partial charge in [-0.05, 0) is 12.8 Å². The number of piperidine rings is 1. The van der Waals surface area contributed by atoms with Crippen molar-refractivity contribution in [1.82, 2.24) is 10.2 Å². The molecule has 98 valence electrons. The van der Waals surface area contributed by atoms with Gasteiger partial charge in [-0.25, -0.2) is 4.79 Å². The predicted molar refractivity (Wildman–Crippen MR) is 51.4 cm³/mol. The standard InChI is InChI=1S/C9H13F3N2O3/c10-9(11,12)6-1-3-14(4-2-6)8(17)13-5-7(15)16/h6H,1-5H2,(H,13,17)(H,15,16). The van der Waals surface area contributed by atoms with Crippen LogP contribution in [0.2, 0.25) is 0 Å². The van der Waals surface area contributed by atoms with Crippen LogP contribution in [0.5, 0.6) is 0 Å². The minimum atomic E-state index is -4.22. The molecule has 0 spiro atoms. The zero-order chi connectivity index (χ0) is 13.1. The molecule has 2 N–H and O–H groups in total. The molecule has 0 radical (unpaired) electrons. The molecule has 1 fully saturated rings. The number of carboxylic acid groups (broad SMARTS) is 1. The van der Waals surface area contributed by atoms with E-state index in [0.29, 0.717) is 0 Å². The second-order valence-electron chi connectivity index (χ2n) is 3.86. The molecule has 1 heterocycles. The highest BCUT2D eigenvalue weighted by Crippen LogP contribution is 2.33. The molecule has 0 aromatic rings. The fourth-order valence-corrected chi connectivity index (χ4v) is 1.67. The van der Waals surface area contributed by atoms with Crippen molar-refractivity contribution < 1.29 is 27.9 Å². The van der Waals surface area contributed by atoms with Gasteiger partial charge in [0.05, 0.1) is 5.92 Å². The first kappa shape index (κ1) is 13.6. The molecule has 17 heavy (non-hydrogen) atoms. The molecule has 0 unspecified atom stereocenters. The van der Waals surface area contributed by atoms with Crippen molar-refractivity contribution in [2.75, 3.05) is 19.6 Å². The fraction of sp³-hybridized carbons (Fsp3) is 0.778. The van der Waals surface area contributed by atoms with Gasteiger partial charge < -0.3 is 15.3 Å². The Hall–Kier alpha value is -1.47. The van der Waals surface area contributed by atoms with E-state index >= 15 is 0 Å². The first-order valence-electron chi connectivity index (χ1n) is 5.12. The van der Waals surface area contributed by atoms with Crippen LogP contribution in [0.4, 0.5) is 18.0 Å². The summed E-state index contributed by atoms with van der Waals surface area (Å²) in [6, 6.07) is -0.631. The van der Waals surface area contributed by atoms with Crippen LogP contribution in [-0.4, -0.2) is 47.8 Å². The summed E-state index contributed by atoms with van der Waals surface area (Å²) in [5.74, 6) is -2.56. The maximum atomic E-state index is 12.3. The lowest BCUT2D eigenvalue weighted by molar-refractivity contribution is -0.183. The van der Waals surface area contributed by atoms with Crippen LogP contribution in [-0.2, 0) is 4.79 Å². The van der Waals surface area contributed by atoms with E-state index in [9.17, 15) is 22.8 Å². The molecule has 0 aliphatic carbocycles. The first-order chi connectivity index (χ1) is 7.80. The van der Waals surface area contributed by atoms with E-state index in [1.807, 2.05) is 0 Å². The Morgan fingerprint density at radius 3 is 2.24 bits per heavy atom. The third kappa shape index (κ3) is 4.12. The molecule has 0 saturated carbocycles. The Bertz CT molecular complexity index is 298. The summed E-state index contributed by atoms with van der Waals surface area (Å²) in [6.45, 7) is -0.538. The van der Waals surface area contributed by atoms with E-state index in [-0.39, 0.29) is 25.9 Å². The summed E-state index contributed by atoms with van der Waals surface area (Å²) in [4.78, 5) is 22.7. The van der Waals surface area contributed by atoms with Gasteiger partial charge in [0.1, 0.15) is 6.54 Å². The van der Waals surface area contributed by atoms with Crippen LogP contribution < -0.4 is 5.32 Å². The van der Waals surface area contributed by atoms with E-state index in [1.54, 1.807) is 0 Å². The molecular formula is C9H13F3N2O3. The number of alkyl halides is 3. The third-order valence-corrected chi connectivity index (χ3v) is 2.64. The number of carboxylic acids is 1. The number of aliphatic carboxylic acids is 1. The molecule has 1 aliphatic rings. The van der Waals surface area contributed by atoms with Gasteiger partial charge in [0.25, 0.3) is 0 Å². The highest BCUT2D eigenvalue weighted by atomic mass is 19.4. The third-order valence-electron chi connectivity index (χ3n) is 2.64. The Morgan fingerprint density at radius 1 is 1.29 bits per heavy atom. The van der Waals surface area contributed by atoms with Crippen molar-refractivity contribution in [2.45, 2.75) is 19.0 Å². The van der Waals surface area contributed by atoms with Crippen molar-refractivity contribution >= 4 is 12.0 Å². The number of carbonyl (C=O) groups excluding carboxylic acids is 1. The van der Waals surface area contributed by atoms with Crippen molar-refractivity contribution in [2.24, 2.45) is 5.92 Å². The Labute approximate surface area is 95.6 Å². The number of likely N-dealkylation sites (tertiary alicyclic amines) is 1. The molecule has 0 bridgehead atoms. The average molecular weight is 254 g/mol. The van der Waals surface area contributed by atoms with Gasteiger partial charge in [-0.3, -0.25) is 4.79 Å². The number of nitrogens with one attached hydrogen (secondary N) is 1. The molecule has 0 atom stereocenters. The number of amides is 2. The monoisotopic (exact) mass is 254 g/mol. The van der Waals surface area contributed by atoms with Gasteiger partial charge in [-0.15, -0.1) is 0 Å². The van der Waals surface area contributed by atoms with Crippen molar-refractivity contribution in [1.29, 1.82) is 0 Å². The van der Waals surface area contributed by atoms with Crippen LogP contribution in [0.1, 0.15) is 12.8 Å². The second-order valence-corrected chi connectivity index (χ2v) is 3.86. The van der Waals surface area contributed by atoms with Crippen molar-refractivity contribution in [3.63, 3.8) is 0 Å². The quantitative estimate of drug-likeness (QED) is 0.774. The SMILES string of the molecule is O=C(O)CNC(=O)N1CCC(C(F)(F)F)CC1. The molecular weight excluding hydrogens is 241 g/mol. The van der Waals surface area contributed by atoms with Crippen LogP contribution in [0.25, 0.3) is 0 Å². The normalized spacial score (nSPS) is 17.9. The maximum absolute atomic E-state index is 12.3. The van der Waals surface area contributed by atoms with E-state index < -0.39 is 30.6 Å². The molecule has 8 heteroatoms. The highest BCUT2D eigenvalue weighted by molar-refractivity contribution is 5.79. The lowest BCUT2D eigenvalue weighted by Gasteiger charge is -2.32. The number of carbonyl (C=O) groups is 2. The van der Waals surface area contributed by atoms with Crippen LogP contribution in [0.3, 0.4) is 0 Å². The first-order valence-corrected chi connectivity index (χ1v) is 5.12. The zero-order valence-corrected chi connectivity index (χ0v) is 8.96. The van der Waals surface area contributed by atoms with Gasteiger partial charge in [-0.1, -0.05) is 0 Å². The molecule has 5 nitrogen and oxygen atoms in total. The highest BCUT2D eigenvalue weighted by Gasteiger charge is 2.41. The Balaban J connectivity index is 2.36. The number of nitrogens with zero attached hydrogens (tertiary/aromatic N) is 1. The average Bonchev–Trinajstić information content (AvgIpc) is 2.25. The maximum Gasteiger partial charge on any atom is 0.391 e. The molecule has 1 saturated heterocycles. The second kappa shape index (κ2) is 5.24. The number of halogens is 3. The van der Waals surface area contributed by atoms with Gasteiger partial charge in [0.15, 0.2) is 0 Å². The summed E-state index contributed by atoms with van der Waals surface area (Å²) in [6.07, 6.45) is -4.49. The Kier molecular flexibility index (Phi) is 4.19. The van der Waals surface area contributed by atoms with E-state index in [0.717, 1.165) is 0 Å². The van der Waals surface area contributed by atoms with Crippen LogP contribution in [0, 0.1) is 5.92 Å². The number of rotatable bonds is 2.